The first-order valence-corrected chi connectivity index (χ1v) is 7.52. The Labute approximate surface area is 111 Å². The SMILES string of the molecule is CC1CCC(C(C)(O)CC2COCCN2)CC1C. The fourth-order valence-electron chi connectivity index (χ4n) is 3.53. The highest BCUT2D eigenvalue weighted by Crippen LogP contribution is 2.40. The third-order valence-corrected chi connectivity index (χ3v) is 5.14. The molecule has 0 amide bonds. The number of rotatable bonds is 3. The lowest BCUT2D eigenvalue weighted by molar-refractivity contribution is -0.0566. The number of hydrogen-bond donors (Lipinski definition) is 2. The Morgan fingerprint density at radius 3 is 2.67 bits per heavy atom. The van der Waals surface area contributed by atoms with E-state index in [9.17, 15) is 5.11 Å². The number of ether oxygens (including phenoxy) is 1. The van der Waals surface area contributed by atoms with Crippen LogP contribution in [0.4, 0.5) is 0 Å². The summed E-state index contributed by atoms with van der Waals surface area (Å²) in [5, 5.41) is 14.2. The topological polar surface area (TPSA) is 41.5 Å². The Morgan fingerprint density at radius 2 is 2.06 bits per heavy atom. The molecule has 1 saturated heterocycles. The van der Waals surface area contributed by atoms with Crippen molar-refractivity contribution < 1.29 is 9.84 Å². The van der Waals surface area contributed by atoms with Crippen LogP contribution in [0.15, 0.2) is 0 Å². The molecule has 2 aliphatic rings. The van der Waals surface area contributed by atoms with Crippen LogP contribution in [0.3, 0.4) is 0 Å². The van der Waals surface area contributed by atoms with Crippen molar-refractivity contribution in [1.29, 1.82) is 0 Å². The van der Waals surface area contributed by atoms with Gasteiger partial charge in [0.15, 0.2) is 0 Å². The van der Waals surface area contributed by atoms with E-state index < -0.39 is 5.60 Å². The van der Waals surface area contributed by atoms with Crippen LogP contribution in [-0.4, -0.2) is 36.5 Å². The third kappa shape index (κ3) is 3.46. The molecular formula is C15H29NO2. The molecule has 2 fully saturated rings. The van der Waals surface area contributed by atoms with Gasteiger partial charge in [0.1, 0.15) is 0 Å². The van der Waals surface area contributed by atoms with E-state index in [4.69, 9.17) is 4.74 Å². The van der Waals surface area contributed by atoms with Crippen LogP contribution in [-0.2, 0) is 4.74 Å². The molecular weight excluding hydrogens is 226 g/mol. The average molecular weight is 255 g/mol. The highest BCUT2D eigenvalue weighted by Gasteiger charge is 2.38. The van der Waals surface area contributed by atoms with Gasteiger partial charge in [0.05, 0.1) is 18.8 Å². The van der Waals surface area contributed by atoms with Gasteiger partial charge in [0, 0.05) is 12.6 Å². The van der Waals surface area contributed by atoms with Crippen LogP contribution in [0.1, 0.15) is 46.5 Å². The normalized spacial score (nSPS) is 41.3. The standard InChI is InChI=1S/C15H29NO2/c1-11-4-5-13(8-12(11)2)15(3,17)9-14-10-18-7-6-16-14/h11-14,16-17H,4-10H2,1-3H3. The van der Waals surface area contributed by atoms with E-state index in [1.165, 1.54) is 19.3 Å². The molecule has 0 aromatic heterocycles. The van der Waals surface area contributed by atoms with Gasteiger partial charge in [-0.2, -0.15) is 0 Å². The molecule has 1 heterocycles. The second-order valence-corrected chi connectivity index (χ2v) is 6.75. The maximum atomic E-state index is 10.8. The molecule has 2 N–H and O–H groups in total. The second kappa shape index (κ2) is 5.89. The lowest BCUT2D eigenvalue weighted by Crippen LogP contribution is -2.49. The van der Waals surface area contributed by atoms with Crippen molar-refractivity contribution in [3.05, 3.63) is 0 Å². The molecule has 5 unspecified atom stereocenters. The zero-order chi connectivity index (χ0) is 13.2. The summed E-state index contributed by atoms with van der Waals surface area (Å²) >= 11 is 0. The quantitative estimate of drug-likeness (QED) is 0.812. The summed E-state index contributed by atoms with van der Waals surface area (Å²) in [4.78, 5) is 0. The fourth-order valence-corrected chi connectivity index (χ4v) is 3.53. The van der Waals surface area contributed by atoms with Gasteiger partial charge in [-0.15, -0.1) is 0 Å². The van der Waals surface area contributed by atoms with Crippen LogP contribution in [0.25, 0.3) is 0 Å². The summed E-state index contributed by atoms with van der Waals surface area (Å²) < 4.78 is 5.48. The van der Waals surface area contributed by atoms with Gasteiger partial charge in [0.2, 0.25) is 0 Å². The molecule has 2 rings (SSSR count). The fraction of sp³-hybridized carbons (Fsp3) is 1.00. The zero-order valence-corrected chi connectivity index (χ0v) is 12.1. The van der Waals surface area contributed by atoms with Gasteiger partial charge < -0.3 is 15.2 Å². The summed E-state index contributed by atoms with van der Waals surface area (Å²) in [5.74, 6) is 2.01. The smallest absolute Gasteiger partial charge is 0.0663 e. The van der Waals surface area contributed by atoms with Gasteiger partial charge in [0.25, 0.3) is 0 Å². The van der Waals surface area contributed by atoms with Crippen molar-refractivity contribution in [2.45, 2.75) is 58.1 Å². The lowest BCUT2D eigenvalue weighted by Gasteiger charge is -2.42. The molecule has 3 nitrogen and oxygen atoms in total. The van der Waals surface area contributed by atoms with Crippen molar-refractivity contribution >= 4 is 0 Å². The Bertz CT molecular complexity index is 261. The zero-order valence-electron chi connectivity index (χ0n) is 12.1. The lowest BCUT2D eigenvalue weighted by atomic mass is 9.68. The van der Waals surface area contributed by atoms with Crippen molar-refractivity contribution in [3.63, 3.8) is 0 Å². The predicted octanol–water partition coefficient (Wildman–Crippen LogP) is 2.19. The van der Waals surface area contributed by atoms with E-state index in [1.807, 2.05) is 6.92 Å². The molecule has 0 aromatic rings. The van der Waals surface area contributed by atoms with Crippen LogP contribution < -0.4 is 5.32 Å². The van der Waals surface area contributed by atoms with E-state index in [0.29, 0.717) is 12.0 Å². The second-order valence-electron chi connectivity index (χ2n) is 6.75. The summed E-state index contributed by atoms with van der Waals surface area (Å²) in [6.45, 7) is 9.15. The van der Waals surface area contributed by atoms with Crippen molar-refractivity contribution in [2.75, 3.05) is 19.8 Å². The van der Waals surface area contributed by atoms with E-state index in [1.54, 1.807) is 0 Å². The number of aliphatic hydroxyl groups is 1. The minimum absolute atomic E-state index is 0.323. The van der Waals surface area contributed by atoms with E-state index >= 15 is 0 Å². The van der Waals surface area contributed by atoms with Gasteiger partial charge in [-0.25, -0.2) is 0 Å². The largest absolute Gasteiger partial charge is 0.390 e. The highest BCUT2D eigenvalue weighted by molar-refractivity contribution is 4.91. The molecule has 18 heavy (non-hydrogen) atoms. The molecule has 0 spiro atoms. The highest BCUT2D eigenvalue weighted by atomic mass is 16.5. The number of nitrogens with one attached hydrogen (secondary N) is 1. The molecule has 0 aromatic carbocycles. The van der Waals surface area contributed by atoms with Gasteiger partial charge in [-0.1, -0.05) is 20.3 Å². The van der Waals surface area contributed by atoms with Gasteiger partial charge >= 0.3 is 0 Å². The summed E-state index contributed by atoms with van der Waals surface area (Å²) in [5.41, 5.74) is -0.549. The van der Waals surface area contributed by atoms with Crippen molar-refractivity contribution in [2.24, 2.45) is 17.8 Å². The predicted molar refractivity (Wildman–Crippen MR) is 73.5 cm³/mol. The molecule has 0 bridgehead atoms. The summed E-state index contributed by atoms with van der Waals surface area (Å²) in [6, 6.07) is 0.323. The first-order valence-electron chi connectivity index (χ1n) is 7.52. The monoisotopic (exact) mass is 255 g/mol. The Morgan fingerprint density at radius 1 is 1.28 bits per heavy atom. The average Bonchev–Trinajstić information content (AvgIpc) is 2.33. The van der Waals surface area contributed by atoms with Crippen LogP contribution in [0.5, 0.6) is 0 Å². The number of morpholine rings is 1. The minimum atomic E-state index is -0.549. The molecule has 3 heteroatoms. The molecule has 0 radical (unpaired) electrons. The molecule has 1 aliphatic carbocycles. The maximum Gasteiger partial charge on any atom is 0.0663 e. The van der Waals surface area contributed by atoms with E-state index in [2.05, 4.69) is 19.2 Å². The Hall–Kier alpha value is -0.120. The Kier molecular flexibility index (Phi) is 4.68. The van der Waals surface area contributed by atoms with Crippen molar-refractivity contribution in [3.8, 4) is 0 Å². The maximum absolute atomic E-state index is 10.8. The van der Waals surface area contributed by atoms with Crippen molar-refractivity contribution in [1.82, 2.24) is 5.32 Å². The molecule has 106 valence electrons. The summed E-state index contributed by atoms with van der Waals surface area (Å²) in [7, 11) is 0. The van der Waals surface area contributed by atoms with E-state index in [0.717, 1.165) is 38.0 Å². The van der Waals surface area contributed by atoms with Crippen LogP contribution in [0, 0.1) is 17.8 Å². The van der Waals surface area contributed by atoms with Crippen LogP contribution in [0.2, 0.25) is 0 Å². The minimum Gasteiger partial charge on any atom is -0.390 e. The molecule has 1 aliphatic heterocycles. The van der Waals surface area contributed by atoms with Crippen LogP contribution >= 0.6 is 0 Å². The summed E-state index contributed by atoms with van der Waals surface area (Å²) in [6.07, 6.45) is 4.42. The first-order chi connectivity index (χ1) is 8.49. The first kappa shape index (κ1) is 14.3. The number of hydrogen-bond acceptors (Lipinski definition) is 3. The van der Waals surface area contributed by atoms with E-state index in [-0.39, 0.29) is 0 Å². The third-order valence-electron chi connectivity index (χ3n) is 5.14. The molecule has 5 atom stereocenters. The molecule has 1 saturated carbocycles. The van der Waals surface area contributed by atoms with Gasteiger partial charge in [-0.3, -0.25) is 0 Å². The Balaban J connectivity index is 1.88. The van der Waals surface area contributed by atoms with Gasteiger partial charge in [-0.05, 0) is 43.9 Å².